The first kappa shape index (κ1) is 15.0. The molecule has 112 valence electrons. The predicted octanol–water partition coefficient (Wildman–Crippen LogP) is -0.0910. The molecule has 1 aliphatic heterocycles. The highest BCUT2D eigenvalue weighted by Gasteiger charge is 2.33. The number of aromatic nitrogens is 2. The number of aryl methyl sites for hydroxylation is 1. The molecule has 1 aromatic heterocycles. The zero-order chi connectivity index (χ0) is 14.9. The molecule has 1 aromatic rings. The van der Waals surface area contributed by atoms with Crippen molar-refractivity contribution in [1.82, 2.24) is 18.8 Å². The first-order valence-corrected chi connectivity index (χ1v) is 7.95. The van der Waals surface area contributed by atoms with Crippen molar-refractivity contribution in [2.75, 3.05) is 27.2 Å². The number of piperidine rings is 1. The summed E-state index contributed by atoms with van der Waals surface area (Å²) in [4.78, 5) is 17.3. The Morgan fingerprint density at radius 3 is 2.40 bits per heavy atom. The average molecular weight is 300 g/mol. The lowest BCUT2D eigenvalue weighted by molar-refractivity contribution is -0.134. The minimum atomic E-state index is -3.53. The van der Waals surface area contributed by atoms with E-state index in [1.54, 1.807) is 30.6 Å². The third-order valence-electron chi connectivity index (χ3n) is 3.53. The molecule has 2 heterocycles. The van der Waals surface area contributed by atoms with E-state index in [2.05, 4.69) is 4.98 Å². The van der Waals surface area contributed by atoms with Gasteiger partial charge in [0.2, 0.25) is 5.91 Å². The van der Waals surface area contributed by atoms with Crippen LogP contribution in [-0.4, -0.2) is 60.3 Å². The quantitative estimate of drug-likeness (QED) is 0.782. The molecule has 0 bridgehead atoms. The van der Waals surface area contributed by atoms with Gasteiger partial charge in [0, 0.05) is 46.3 Å². The molecular weight excluding hydrogens is 280 g/mol. The van der Waals surface area contributed by atoms with Gasteiger partial charge in [0.05, 0.1) is 6.33 Å². The third-order valence-corrected chi connectivity index (χ3v) is 5.31. The Morgan fingerprint density at radius 1 is 1.35 bits per heavy atom. The van der Waals surface area contributed by atoms with Gasteiger partial charge >= 0.3 is 0 Å². The Hall–Kier alpha value is -1.41. The summed E-state index contributed by atoms with van der Waals surface area (Å²) in [6.45, 7) is 0.728. The lowest BCUT2D eigenvalue weighted by atomic mass is 9.97. The Kier molecular flexibility index (Phi) is 4.14. The predicted molar refractivity (Wildman–Crippen MR) is 73.4 cm³/mol. The fourth-order valence-corrected chi connectivity index (χ4v) is 3.80. The average Bonchev–Trinajstić information content (AvgIpc) is 2.85. The molecule has 8 heteroatoms. The maximum absolute atomic E-state index is 12.4. The van der Waals surface area contributed by atoms with E-state index >= 15 is 0 Å². The molecule has 0 spiro atoms. The van der Waals surface area contributed by atoms with Gasteiger partial charge in [-0.15, -0.1) is 0 Å². The summed E-state index contributed by atoms with van der Waals surface area (Å²) in [5.41, 5.74) is 0. The second-order valence-electron chi connectivity index (χ2n) is 5.29. The van der Waals surface area contributed by atoms with Crippen LogP contribution in [0.3, 0.4) is 0 Å². The van der Waals surface area contributed by atoms with Gasteiger partial charge in [0.25, 0.3) is 10.0 Å². The van der Waals surface area contributed by atoms with Crippen molar-refractivity contribution in [1.29, 1.82) is 0 Å². The summed E-state index contributed by atoms with van der Waals surface area (Å²) in [5, 5.41) is 0.0670. The highest BCUT2D eigenvalue weighted by Crippen LogP contribution is 2.23. The lowest BCUT2D eigenvalue weighted by Crippen LogP contribution is -2.42. The van der Waals surface area contributed by atoms with Gasteiger partial charge in [-0.1, -0.05) is 0 Å². The number of imidazole rings is 1. The van der Waals surface area contributed by atoms with Crippen LogP contribution in [0.15, 0.2) is 17.6 Å². The smallest absolute Gasteiger partial charge is 0.262 e. The molecule has 0 unspecified atom stereocenters. The number of rotatable bonds is 3. The minimum absolute atomic E-state index is 0.0670. The molecule has 1 amide bonds. The molecule has 0 aliphatic carbocycles. The Morgan fingerprint density at radius 2 is 1.95 bits per heavy atom. The van der Waals surface area contributed by atoms with Crippen molar-refractivity contribution >= 4 is 15.9 Å². The molecule has 0 radical (unpaired) electrons. The van der Waals surface area contributed by atoms with Crippen LogP contribution in [0.25, 0.3) is 0 Å². The van der Waals surface area contributed by atoms with Gasteiger partial charge in [0.1, 0.15) is 0 Å². The summed E-state index contributed by atoms with van der Waals surface area (Å²) < 4.78 is 27.7. The normalized spacial score (nSPS) is 18.1. The molecule has 7 nitrogen and oxygen atoms in total. The van der Waals surface area contributed by atoms with Crippen molar-refractivity contribution in [2.24, 2.45) is 13.0 Å². The van der Waals surface area contributed by atoms with E-state index in [4.69, 9.17) is 0 Å². The highest BCUT2D eigenvalue weighted by molar-refractivity contribution is 7.89. The van der Waals surface area contributed by atoms with Gasteiger partial charge in [-0.2, -0.15) is 4.31 Å². The van der Waals surface area contributed by atoms with Gasteiger partial charge in [-0.25, -0.2) is 13.4 Å². The van der Waals surface area contributed by atoms with Crippen LogP contribution in [0.4, 0.5) is 0 Å². The number of hydrogen-bond acceptors (Lipinski definition) is 4. The Bertz CT molecular complexity index is 586. The number of hydrogen-bond donors (Lipinski definition) is 0. The van der Waals surface area contributed by atoms with E-state index in [-0.39, 0.29) is 16.9 Å². The number of nitrogens with zero attached hydrogens (tertiary/aromatic N) is 4. The maximum atomic E-state index is 12.4. The standard InChI is InChI=1S/C12H20N4O3S/c1-14(2)12(17)10-4-6-16(7-5-10)20(18,19)11-8-15(3)9-13-11/h8-10H,4-7H2,1-3H3. The van der Waals surface area contributed by atoms with Crippen LogP contribution < -0.4 is 0 Å². The summed E-state index contributed by atoms with van der Waals surface area (Å²) in [7, 11) is 1.64. The van der Waals surface area contributed by atoms with E-state index in [0.717, 1.165) is 0 Å². The van der Waals surface area contributed by atoms with Gasteiger partial charge in [0.15, 0.2) is 5.03 Å². The number of carbonyl (C=O) groups is 1. The molecule has 20 heavy (non-hydrogen) atoms. The number of carbonyl (C=O) groups excluding carboxylic acids is 1. The van der Waals surface area contributed by atoms with E-state index in [1.165, 1.54) is 16.8 Å². The molecule has 2 rings (SSSR count). The second kappa shape index (κ2) is 5.53. The fraction of sp³-hybridized carbons (Fsp3) is 0.667. The van der Waals surface area contributed by atoms with Crippen LogP contribution in [0.5, 0.6) is 0 Å². The lowest BCUT2D eigenvalue weighted by Gasteiger charge is -2.31. The van der Waals surface area contributed by atoms with Crippen molar-refractivity contribution < 1.29 is 13.2 Å². The molecular formula is C12H20N4O3S. The molecule has 0 aromatic carbocycles. The van der Waals surface area contributed by atoms with Crippen LogP contribution >= 0.6 is 0 Å². The number of sulfonamides is 1. The first-order valence-electron chi connectivity index (χ1n) is 6.51. The molecule has 0 atom stereocenters. The molecule has 1 fully saturated rings. The second-order valence-corrected chi connectivity index (χ2v) is 7.17. The number of amides is 1. The van der Waals surface area contributed by atoms with Gasteiger partial charge in [-0.05, 0) is 12.8 Å². The van der Waals surface area contributed by atoms with Gasteiger partial charge in [-0.3, -0.25) is 4.79 Å². The Labute approximate surface area is 119 Å². The van der Waals surface area contributed by atoms with Crippen LogP contribution in [0.1, 0.15) is 12.8 Å². The maximum Gasteiger partial charge on any atom is 0.262 e. The van der Waals surface area contributed by atoms with Crippen molar-refractivity contribution in [3.8, 4) is 0 Å². The van der Waals surface area contributed by atoms with E-state index in [0.29, 0.717) is 25.9 Å². The highest BCUT2D eigenvalue weighted by atomic mass is 32.2. The minimum Gasteiger partial charge on any atom is -0.349 e. The largest absolute Gasteiger partial charge is 0.349 e. The summed E-state index contributed by atoms with van der Waals surface area (Å²) in [6, 6.07) is 0. The summed E-state index contributed by atoms with van der Waals surface area (Å²) >= 11 is 0. The zero-order valence-electron chi connectivity index (χ0n) is 12.0. The summed E-state index contributed by atoms with van der Waals surface area (Å²) in [5.74, 6) is -0.0138. The molecule has 1 aliphatic rings. The van der Waals surface area contributed by atoms with Crippen LogP contribution in [-0.2, 0) is 21.9 Å². The molecule has 0 N–H and O–H groups in total. The van der Waals surface area contributed by atoms with Crippen LogP contribution in [0, 0.1) is 5.92 Å². The van der Waals surface area contributed by atoms with Crippen molar-refractivity contribution in [3.63, 3.8) is 0 Å². The SMILES string of the molecule is CN(C)C(=O)C1CCN(S(=O)(=O)c2cn(C)cn2)CC1. The third kappa shape index (κ3) is 2.85. The summed E-state index contributed by atoms with van der Waals surface area (Å²) in [6.07, 6.45) is 4.08. The Balaban J connectivity index is 2.05. The first-order chi connectivity index (χ1) is 9.32. The van der Waals surface area contributed by atoms with E-state index in [1.807, 2.05) is 0 Å². The topological polar surface area (TPSA) is 75.5 Å². The van der Waals surface area contributed by atoms with Crippen molar-refractivity contribution in [2.45, 2.75) is 17.9 Å². The molecule has 1 saturated heterocycles. The van der Waals surface area contributed by atoms with E-state index in [9.17, 15) is 13.2 Å². The van der Waals surface area contributed by atoms with Gasteiger partial charge < -0.3 is 9.47 Å². The fourth-order valence-electron chi connectivity index (χ4n) is 2.36. The van der Waals surface area contributed by atoms with E-state index < -0.39 is 10.0 Å². The monoisotopic (exact) mass is 300 g/mol. The van der Waals surface area contributed by atoms with Crippen LogP contribution in [0.2, 0.25) is 0 Å². The zero-order valence-corrected chi connectivity index (χ0v) is 12.8. The van der Waals surface area contributed by atoms with Crippen molar-refractivity contribution in [3.05, 3.63) is 12.5 Å². The molecule has 0 saturated carbocycles.